The van der Waals surface area contributed by atoms with Gasteiger partial charge in [0.05, 0.1) is 18.4 Å². The highest BCUT2D eigenvalue weighted by molar-refractivity contribution is 6.04. The fourth-order valence-corrected chi connectivity index (χ4v) is 1.49. The Morgan fingerprint density at radius 1 is 1.37 bits per heavy atom. The summed E-state index contributed by atoms with van der Waals surface area (Å²) in [6.07, 6.45) is 3.28. The van der Waals surface area contributed by atoms with E-state index >= 15 is 0 Å². The predicted molar refractivity (Wildman–Crippen MR) is 71.7 cm³/mol. The molecule has 2 N–H and O–H groups in total. The van der Waals surface area contributed by atoms with Gasteiger partial charge in [-0.2, -0.15) is 0 Å². The molecular formula is C15H13NO3. The number of rotatable bonds is 3. The van der Waals surface area contributed by atoms with Crippen molar-refractivity contribution < 1.29 is 14.3 Å². The fourth-order valence-electron chi connectivity index (χ4n) is 1.49. The first-order chi connectivity index (χ1) is 9.29. The van der Waals surface area contributed by atoms with Crippen LogP contribution in [0.5, 0.6) is 0 Å². The highest BCUT2D eigenvalue weighted by Crippen LogP contribution is 2.12. The number of amides is 1. The molecule has 1 aromatic heterocycles. The number of anilines is 1. The third kappa shape index (κ3) is 3.73. The zero-order valence-corrected chi connectivity index (χ0v) is 10.2. The van der Waals surface area contributed by atoms with Crippen LogP contribution >= 0.6 is 0 Å². The van der Waals surface area contributed by atoms with Gasteiger partial charge in [0.15, 0.2) is 0 Å². The van der Waals surface area contributed by atoms with E-state index in [1.165, 1.54) is 12.5 Å². The second-order valence-electron chi connectivity index (χ2n) is 3.82. The summed E-state index contributed by atoms with van der Waals surface area (Å²) >= 11 is 0. The lowest BCUT2D eigenvalue weighted by Crippen LogP contribution is -2.10. The molecule has 0 saturated carbocycles. The normalized spacial score (nSPS) is 9.53. The van der Waals surface area contributed by atoms with Crippen LogP contribution in [0, 0.1) is 11.8 Å². The average Bonchev–Trinajstić information content (AvgIpc) is 2.93. The first-order valence-corrected chi connectivity index (χ1v) is 5.83. The molecular weight excluding hydrogens is 242 g/mol. The molecule has 0 unspecified atom stereocenters. The summed E-state index contributed by atoms with van der Waals surface area (Å²) in [5, 5.41) is 11.4. The number of nitrogens with one attached hydrogen (secondary N) is 1. The van der Waals surface area contributed by atoms with Crippen LogP contribution < -0.4 is 5.32 Å². The topological polar surface area (TPSA) is 62.5 Å². The second-order valence-corrected chi connectivity index (χ2v) is 3.82. The van der Waals surface area contributed by atoms with Crippen LogP contribution in [0.15, 0.2) is 47.3 Å². The second kappa shape index (κ2) is 6.43. The van der Waals surface area contributed by atoms with Gasteiger partial charge in [0.1, 0.15) is 6.26 Å². The fraction of sp³-hybridized carbons (Fsp3) is 0.133. The summed E-state index contributed by atoms with van der Waals surface area (Å²) in [7, 11) is 0. The maximum absolute atomic E-state index is 11.8. The van der Waals surface area contributed by atoms with Crippen molar-refractivity contribution in [3.63, 3.8) is 0 Å². The Kier molecular flexibility index (Phi) is 4.38. The molecule has 0 atom stereocenters. The van der Waals surface area contributed by atoms with E-state index in [0.717, 1.165) is 5.56 Å². The molecule has 0 aliphatic rings. The predicted octanol–water partition coefficient (Wildman–Crippen LogP) is 2.27. The summed E-state index contributed by atoms with van der Waals surface area (Å²) in [5.41, 5.74) is 1.93. The van der Waals surface area contributed by atoms with Crippen LogP contribution in [0.4, 0.5) is 5.69 Å². The monoisotopic (exact) mass is 255 g/mol. The van der Waals surface area contributed by atoms with Crippen molar-refractivity contribution in [3.05, 3.63) is 54.0 Å². The number of benzene rings is 1. The quantitative estimate of drug-likeness (QED) is 0.827. The molecule has 0 radical (unpaired) electrons. The lowest BCUT2D eigenvalue weighted by Gasteiger charge is -2.03. The molecule has 19 heavy (non-hydrogen) atoms. The van der Waals surface area contributed by atoms with E-state index in [4.69, 9.17) is 9.52 Å². The molecule has 0 saturated heterocycles. The summed E-state index contributed by atoms with van der Waals surface area (Å²) < 4.78 is 4.86. The molecule has 4 nitrogen and oxygen atoms in total. The molecule has 0 aliphatic carbocycles. The van der Waals surface area contributed by atoms with Gasteiger partial charge in [0.25, 0.3) is 5.91 Å². The Balaban J connectivity index is 2.07. The van der Waals surface area contributed by atoms with Crippen molar-refractivity contribution in [2.24, 2.45) is 0 Å². The van der Waals surface area contributed by atoms with Gasteiger partial charge in [-0.15, -0.1) is 0 Å². The number of carbonyl (C=O) groups excluding carboxylic acids is 1. The van der Waals surface area contributed by atoms with Gasteiger partial charge in [-0.25, -0.2) is 0 Å². The number of hydrogen-bond donors (Lipinski definition) is 2. The van der Waals surface area contributed by atoms with Crippen LogP contribution in [0.25, 0.3) is 0 Å². The maximum atomic E-state index is 11.8. The number of carbonyl (C=O) groups is 1. The Morgan fingerprint density at radius 3 is 3.00 bits per heavy atom. The molecule has 1 aromatic carbocycles. The van der Waals surface area contributed by atoms with Gasteiger partial charge in [-0.3, -0.25) is 4.79 Å². The van der Waals surface area contributed by atoms with E-state index in [1.807, 2.05) is 12.1 Å². The van der Waals surface area contributed by atoms with Crippen molar-refractivity contribution in [3.8, 4) is 11.8 Å². The Bertz CT molecular complexity index is 606. The number of hydrogen-bond acceptors (Lipinski definition) is 3. The minimum absolute atomic E-state index is 0.0456. The third-order valence-electron chi connectivity index (χ3n) is 2.37. The maximum Gasteiger partial charge on any atom is 0.258 e. The molecule has 1 heterocycles. The summed E-state index contributed by atoms with van der Waals surface area (Å²) in [6.45, 7) is 0.0456. The molecule has 0 spiro atoms. The standard InChI is InChI=1S/C15H13NO3/c17-8-2-1-4-12-5-3-6-14(10-12)16-15(18)13-7-9-19-11-13/h3,5-7,9-11,17H,2,8H2,(H,16,18). The van der Waals surface area contributed by atoms with Crippen LogP contribution in [-0.2, 0) is 0 Å². The first kappa shape index (κ1) is 12.9. The van der Waals surface area contributed by atoms with Crippen molar-refractivity contribution >= 4 is 11.6 Å². The van der Waals surface area contributed by atoms with Crippen LogP contribution in [0.1, 0.15) is 22.3 Å². The zero-order valence-electron chi connectivity index (χ0n) is 10.2. The van der Waals surface area contributed by atoms with Gasteiger partial charge < -0.3 is 14.8 Å². The van der Waals surface area contributed by atoms with Gasteiger partial charge in [0.2, 0.25) is 0 Å². The van der Waals surface area contributed by atoms with Crippen LogP contribution in [-0.4, -0.2) is 17.6 Å². The van der Waals surface area contributed by atoms with Gasteiger partial charge in [0, 0.05) is 17.7 Å². The van der Waals surface area contributed by atoms with Crippen molar-refractivity contribution in [1.29, 1.82) is 0 Å². The minimum Gasteiger partial charge on any atom is -0.472 e. The van der Waals surface area contributed by atoms with Crippen molar-refractivity contribution in [1.82, 2.24) is 0 Å². The van der Waals surface area contributed by atoms with Gasteiger partial charge in [-0.05, 0) is 24.3 Å². The summed E-state index contributed by atoms with van der Waals surface area (Å²) in [6, 6.07) is 8.82. The van der Waals surface area contributed by atoms with E-state index < -0.39 is 0 Å². The molecule has 2 aromatic rings. The lowest BCUT2D eigenvalue weighted by molar-refractivity contribution is 0.102. The molecule has 1 amide bonds. The highest BCUT2D eigenvalue weighted by atomic mass is 16.3. The number of aliphatic hydroxyl groups is 1. The molecule has 0 fully saturated rings. The van der Waals surface area contributed by atoms with E-state index in [2.05, 4.69) is 17.2 Å². The largest absolute Gasteiger partial charge is 0.472 e. The SMILES string of the molecule is O=C(Nc1cccc(C#CCCO)c1)c1ccoc1. The number of aliphatic hydroxyl groups excluding tert-OH is 1. The smallest absolute Gasteiger partial charge is 0.258 e. The Hall–Kier alpha value is -2.51. The average molecular weight is 255 g/mol. The molecule has 96 valence electrons. The van der Waals surface area contributed by atoms with Crippen molar-refractivity contribution in [2.45, 2.75) is 6.42 Å². The molecule has 4 heteroatoms. The first-order valence-electron chi connectivity index (χ1n) is 5.83. The summed E-state index contributed by atoms with van der Waals surface area (Å²) in [4.78, 5) is 11.8. The number of furan rings is 1. The molecule has 2 rings (SSSR count). The van der Waals surface area contributed by atoms with Gasteiger partial charge >= 0.3 is 0 Å². The lowest BCUT2D eigenvalue weighted by atomic mass is 10.2. The van der Waals surface area contributed by atoms with E-state index in [-0.39, 0.29) is 12.5 Å². The Labute approximate surface area is 111 Å². The molecule has 0 aliphatic heterocycles. The van der Waals surface area contributed by atoms with E-state index in [0.29, 0.717) is 17.7 Å². The Morgan fingerprint density at radius 2 is 2.26 bits per heavy atom. The van der Waals surface area contributed by atoms with E-state index in [1.54, 1.807) is 18.2 Å². The molecule has 0 bridgehead atoms. The van der Waals surface area contributed by atoms with Crippen LogP contribution in [0.2, 0.25) is 0 Å². The van der Waals surface area contributed by atoms with Crippen LogP contribution in [0.3, 0.4) is 0 Å². The highest BCUT2D eigenvalue weighted by Gasteiger charge is 2.06. The third-order valence-corrected chi connectivity index (χ3v) is 2.37. The summed E-state index contributed by atoms with van der Waals surface area (Å²) in [5.74, 6) is 5.52. The minimum atomic E-state index is -0.228. The van der Waals surface area contributed by atoms with Gasteiger partial charge in [-0.1, -0.05) is 17.9 Å². The zero-order chi connectivity index (χ0) is 13.5. The van der Waals surface area contributed by atoms with E-state index in [9.17, 15) is 4.79 Å². The van der Waals surface area contributed by atoms with Crippen molar-refractivity contribution in [2.75, 3.05) is 11.9 Å².